The molecule has 21 heavy (non-hydrogen) atoms. The first kappa shape index (κ1) is 14.6. The Morgan fingerprint density at radius 2 is 1.38 bits per heavy atom. The van der Waals surface area contributed by atoms with Gasteiger partial charge in [0.15, 0.2) is 0 Å². The number of amides is 2. The third-order valence-corrected chi connectivity index (χ3v) is 2.72. The predicted octanol–water partition coefficient (Wildman–Crippen LogP) is 2.70. The van der Waals surface area contributed by atoms with Crippen molar-refractivity contribution in [1.82, 2.24) is 0 Å². The summed E-state index contributed by atoms with van der Waals surface area (Å²) in [6.45, 7) is 1.64. The second-order valence-corrected chi connectivity index (χ2v) is 4.53. The molecule has 0 radical (unpaired) electrons. The first-order valence-corrected chi connectivity index (χ1v) is 6.60. The molecule has 2 rings (SSSR count). The van der Waals surface area contributed by atoms with E-state index < -0.39 is 0 Å². The number of benzene rings is 2. The zero-order chi connectivity index (χ0) is 15.1. The highest BCUT2D eigenvalue weighted by Gasteiger charge is 2.02. The van der Waals surface area contributed by atoms with Gasteiger partial charge in [0.1, 0.15) is 0 Å². The average Bonchev–Trinajstić information content (AvgIpc) is 2.48. The minimum atomic E-state index is -0.133. The van der Waals surface area contributed by atoms with Crippen LogP contribution in [0.25, 0.3) is 0 Å². The Bertz CT molecular complexity index is 609. The highest BCUT2D eigenvalue weighted by atomic mass is 16.2. The number of para-hydroxylation sites is 1. The van der Waals surface area contributed by atoms with Crippen molar-refractivity contribution in [2.75, 3.05) is 22.5 Å². The molecular weight excluding hydrogens is 266 g/mol. The maximum atomic E-state index is 11.8. The van der Waals surface area contributed by atoms with Crippen molar-refractivity contribution in [2.24, 2.45) is 0 Å². The van der Waals surface area contributed by atoms with Crippen molar-refractivity contribution in [3.63, 3.8) is 0 Å². The van der Waals surface area contributed by atoms with Crippen molar-refractivity contribution < 1.29 is 9.59 Å². The smallest absolute Gasteiger partial charge is 0.243 e. The minimum absolute atomic E-state index is 0.126. The third kappa shape index (κ3) is 4.99. The Kier molecular flexibility index (Phi) is 4.93. The van der Waals surface area contributed by atoms with Crippen LogP contribution in [0.5, 0.6) is 0 Å². The summed E-state index contributed by atoms with van der Waals surface area (Å²) in [6.07, 6.45) is 0. The minimum Gasteiger partial charge on any atom is -0.376 e. The number of carbonyl (C=O) groups excluding carboxylic acids is 2. The van der Waals surface area contributed by atoms with Gasteiger partial charge in [-0.2, -0.15) is 0 Å². The topological polar surface area (TPSA) is 70.2 Å². The molecule has 0 heterocycles. The number of nitrogens with one attached hydrogen (secondary N) is 3. The molecule has 0 aliphatic carbocycles. The van der Waals surface area contributed by atoms with Crippen molar-refractivity contribution in [1.29, 1.82) is 0 Å². The lowest BCUT2D eigenvalue weighted by atomic mass is 10.2. The van der Waals surface area contributed by atoms with Crippen LogP contribution < -0.4 is 16.0 Å². The van der Waals surface area contributed by atoms with Crippen LogP contribution in [0.1, 0.15) is 6.92 Å². The van der Waals surface area contributed by atoms with Gasteiger partial charge in [-0.05, 0) is 36.4 Å². The molecule has 108 valence electrons. The van der Waals surface area contributed by atoms with Gasteiger partial charge in [-0.25, -0.2) is 0 Å². The molecule has 2 amide bonds. The van der Waals surface area contributed by atoms with Crippen molar-refractivity contribution >= 4 is 28.9 Å². The SMILES string of the molecule is CC(=O)Nc1ccc(NC(=O)CNc2ccccc2)cc1. The fourth-order valence-electron chi connectivity index (χ4n) is 1.78. The standard InChI is InChI=1S/C16H17N3O2/c1-12(20)18-14-7-9-15(10-8-14)19-16(21)11-17-13-5-3-2-4-6-13/h2-10,17H,11H2,1H3,(H,18,20)(H,19,21). The van der Waals surface area contributed by atoms with Gasteiger partial charge in [-0.3, -0.25) is 9.59 Å². The van der Waals surface area contributed by atoms with Crippen LogP contribution in [0, 0.1) is 0 Å². The van der Waals surface area contributed by atoms with Crippen LogP contribution in [0.3, 0.4) is 0 Å². The van der Waals surface area contributed by atoms with E-state index in [1.807, 2.05) is 30.3 Å². The number of anilines is 3. The van der Waals surface area contributed by atoms with E-state index in [0.29, 0.717) is 11.4 Å². The zero-order valence-electron chi connectivity index (χ0n) is 11.7. The first-order chi connectivity index (χ1) is 10.1. The van der Waals surface area contributed by atoms with E-state index in [0.717, 1.165) is 5.69 Å². The molecule has 0 atom stereocenters. The van der Waals surface area contributed by atoms with Gasteiger partial charge < -0.3 is 16.0 Å². The quantitative estimate of drug-likeness (QED) is 0.790. The Hall–Kier alpha value is -2.82. The van der Waals surface area contributed by atoms with Crippen LogP contribution >= 0.6 is 0 Å². The molecule has 3 N–H and O–H groups in total. The normalized spacial score (nSPS) is 9.76. The predicted molar refractivity (Wildman–Crippen MR) is 84.3 cm³/mol. The molecule has 0 saturated heterocycles. The largest absolute Gasteiger partial charge is 0.376 e. The molecule has 0 aliphatic heterocycles. The Balaban J connectivity index is 1.83. The molecule has 5 nitrogen and oxygen atoms in total. The van der Waals surface area contributed by atoms with Crippen LogP contribution in [0.2, 0.25) is 0 Å². The molecule has 5 heteroatoms. The molecule has 2 aromatic rings. The summed E-state index contributed by atoms with van der Waals surface area (Å²) < 4.78 is 0. The molecule has 2 aromatic carbocycles. The van der Waals surface area contributed by atoms with Gasteiger partial charge in [0.25, 0.3) is 0 Å². The fourth-order valence-corrected chi connectivity index (χ4v) is 1.78. The van der Waals surface area contributed by atoms with Gasteiger partial charge in [0, 0.05) is 24.0 Å². The van der Waals surface area contributed by atoms with Crippen LogP contribution in [0.4, 0.5) is 17.1 Å². The van der Waals surface area contributed by atoms with E-state index in [1.54, 1.807) is 24.3 Å². The van der Waals surface area contributed by atoms with Gasteiger partial charge in [0.05, 0.1) is 6.54 Å². The Morgan fingerprint density at radius 3 is 1.95 bits per heavy atom. The molecule has 0 fully saturated rings. The average molecular weight is 283 g/mol. The van der Waals surface area contributed by atoms with Gasteiger partial charge in [-0.15, -0.1) is 0 Å². The lowest BCUT2D eigenvalue weighted by Gasteiger charge is -2.08. The van der Waals surface area contributed by atoms with Gasteiger partial charge >= 0.3 is 0 Å². The second kappa shape index (κ2) is 7.09. The maximum Gasteiger partial charge on any atom is 0.243 e. The van der Waals surface area contributed by atoms with E-state index in [9.17, 15) is 9.59 Å². The lowest BCUT2D eigenvalue weighted by molar-refractivity contribution is -0.115. The summed E-state index contributed by atoms with van der Waals surface area (Å²) >= 11 is 0. The van der Waals surface area contributed by atoms with Gasteiger partial charge in [-0.1, -0.05) is 18.2 Å². The summed E-state index contributed by atoms with van der Waals surface area (Å²) in [4.78, 5) is 22.7. The van der Waals surface area contributed by atoms with Crippen molar-refractivity contribution in [2.45, 2.75) is 6.92 Å². The van der Waals surface area contributed by atoms with Crippen LogP contribution in [-0.2, 0) is 9.59 Å². The number of hydrogen-bond acceptors (Lipinski definition) is 3. The maximum absolute atomic E-state index is 11.8. The Labute approximate surface area is 123 Å². The Morgan fingerprint density at radius 1 is 0.810 bits per heavy atom. The number of hydrogen-bond donors (Lipinski definition) is 3. The van der Waals surface area contributed by atoms with Crippen molar-refractivity contribution in [3.05, 3.63) is 54.6 Å². The summed E-state index contributed by atoms with van der Waals surface area (Å²) in [6, 6.07) is 16.5. The highest BCUT2D eigenvalue weighted by molar-refractivity contribution is 5.94. The van der Waals surface area contributed by atoms with Gasteiger partial charge in [0.2, 0.25) is 11.8 Å². The monoisotopic (exact) mass is 283 g/mol. The van der Waals surface area contributed by atoms with Crippen LogP contribution in [0.15, 0.2) is 54.6 Å². The summed E-state index contributed by atoms with van der Waals surface area (Å²) in [5.41, 5.74) is 2.28. The summed E-state index contributed by atoms with van der Waals surface area (Å²) in [5.74, 6) is -0.259. The molecule has 0 aliphatic rings. The summed E-state index contributed by atoms with van der Waals surface area (Å²) in [5, 5.41) is 8.48. The number of carbonyl (C=O) groups is 2. The number of rotatable bonds is 5. The van der Waals surface area contributed by atoms with E-state index >= 15 is 0 Å². The molecular formula is C16H17N3O2. The summed E-state index contributed by atoms with van der Waals surface area (Å²) in [7, 11) is 0. The van der Waals surface area contributed by atoms with Crippen molar-refractivity contribution in [3.8, 4) is 0 Å². The van der Waals surface area contributed by atoms with Crippen LogP contribution in [-0.4, -0.2) is 18.4 Å². The third-order valence-electron chi connectivity index (χ3n) is 2.72. The van der Waals surface area contributed by atoms with E-state index in [-0.39, 0.29) is 18.4 Å². The second-order valence-electron chi connectivity index (χ2n) is 4.53. The molecule has 0 unspecified atom stereocenters. The molecule has 0 aromatic heterocycles. The van der Waals surface area contributed by atoms with E-state index in [2.05, 4.69) is 16.0 Å². The fraction of sp³-hybridized carbons (Fsp3) is 0.125. The molecule has 0 saturated carbocycles. The lowest BCUT2D eigenvalue weighted by Crippen LogP contribution is -2.21. The molecule has 0 spiro atoms. The first-order valence-electron chi connectivity index (χ1n) is 6.60. The highest BCUT2D eigenvalue weighted by Crippen LogP contribution is 2.13. The van der Waals surface area contributed by atoms with E-state index in [4.69, 9.17) is 0 Å². The van der Waals surface area contributed by atoms with E-state index in [1.165, 1.54) is 6.92 Å². The molecule has 0 bridgehead atoms. The zero-order valence-corrected chi connectivity index (χ0v) is 11.7.